The van der Waals surface area contributed by atoms with Crippen LogP contribution < -0.4 is 5.73 Å². The summed E-state index contributed by atoms with van der Waals surface area (Å²) in [7, 11) is 0. The zero-order chi connectivity index (χ0) is 12.3. The molecule has 0 spiro atoms. The van der Waals surface area contributed by atoms with Crippen molar-refractivity contribution >= 4 is 0 Å². The van der Waals surface area contributed by atoms with Gasteiger partial charge in [0.1, 0.15) is 0 Å². The average molecular weight is 240 g/mol. The Kier molecular flexibility index (Phi) is 3.72. The predicted molar refractivity (Wildman–Crippen MR) is 62.8 cm³/mol. The molecule has 2 rings (SSSR count). The van der Waals surface area contributed by atoms with Crippen molar-refractivity contribution in [3.05, 3.63) is 30.1 Å². The third-order valence-electron chi connectivity index (χ3n) is 3.56. The first-order valence-electron chi connectivity index (χ1n) is 6.09. The van der Waals surface area contributed by atoms with Gasteiger partial charge in [0.2, 0.25) is 5.92 Å². The summed E-state index contributed by atoms with van der Waals surface area (Å²) in [4.78, 5) is 4.03. The zero-order valence-electron chi connectivity index (χ0n) is 9.78. The summed E-state index contributed by atoms with van der Waals surface area (Å²) in [6, 6.07) is 3.82. The molecule has 0 amide bonds. The minimum Gasteiger partial charge on any atom is -0.327 e. The lowest BCUT2D eigenvalue weighted by atomic mass is 9.80. The summed E-state index contributed by atoms with van der Waals surface area (Å²) in [5.74, 6) is -2.25. The summed E-state index contributed by atoms with van der Waals surface area (Å²) in [6.07, 6.45) is 5.28. The first kappa shape index (κ1) is 12.4. The van der Waals surface area contributed by atoms with E-state index in [1.165, 1.54) is 0 Å². The Balaban J connectivity index is 1.87. The average Bonchev–Trinajstić information content (AvgIpc) is 2.30. The normalized spacial score (nSPS) is 22.3. The van der Waals surface area contributed by atoms with Crippen LogP contribution in [0.3, 0.4) is 0 Å². The van der Waals surface area contributed by atoms with Crippen molar-refractivity contribution in [2.75, 3.05) is 0 Å². The van der Waals surface area contributed by atoms with Crippen LogP contribution in [-0.2, 0) is 6.42 Å². The first-order valence-corrected chi connectivity index (χ1v) is 6.09. The van der Waals surface area contributed by atoms with Crippen LogP contribution in [0.2, 0.25) is 0 Å². The highest BCUT2D eigenvalue weighted by atomic mass is 19.3. The van der Waals surface area contributed by atoms with Crippen molar-refractivity contribution in [3.63, 3.8) is 0 Å². The highest BCUT2D eigenvalue weighted by Gasteiger charge is 2.36. The minimum atomic E-state index is -2.47. The molecule has 0 aliphatic heterocycles. The molecule has 94 valence electrons. The molecule has 0 aromatic carbocycles. The first-order chi connectivity index (χ1) is 8.07. The summed E-state index contributed by atoms with van der Waals surface area (Å²) < 4.78 is 26.0. The SMILES string of the molecule is NC(Cc1cccnc1)C1CCC(F)(F)CC1. The molecule has 1 aliphatic rings. The number of pyridine rings is 1. The number of hydrogen-bond donors (Lipinski definition) is 1. The number of alkyl halides is 2. The van der Waals surface area contributed by atoms with E-state index in [1.807, 2.05) is 12.1 Å². The summed E-state index contributed by atoms with van der Waals surface area (Å²) in [5, 5.41) is 0. The Morgan fingerprint density at radius 2 is 2.12 bits per heavy atom. The van der Waals surface area contributed by atoms with Gasteiger partial charge in [-0.05, 0) is 36.8 Å². The predicted octanol–water partition coefficient (Wildman–Crippen LogP) is 2.78. The molecule has 1 fully saturated rings. The molecule has 2 nitrogen and oxygen atoms in total. The molecule has 2 N–H and O–H groups in total. The fourth-order valence-corrected chi connectivity index (χ4v) is 2.45. The molecular weight excluding hydrogens is 222 g/mol. The fraction of sp³-hybridized carbons (Fsp3) is 0.615. The van der Waals surface area contributed by atoms with Gasteiger partial charge in [0, 0.05) is 31.3 Å². The van der Waals surface area contributed by atoms with Crippen LogP contribution in [0.5, 0.6) is 0 Å². The number of aromatic nitrogens is 1. The molecule has 1 unspecified atom stereocenters. The quantitative estimate of drug-likeness (QED) is 0.882. The third kappa shape index (κ3) is 3.46. The highest BCUT2D eigenvalue weighted by Crippen LogP contribution is 2.37. The molecule has 0 radical (unpaired) electrons. The molecule has 1 aromatic heterocycles. The summed E-state index contributed by atoms with van der Waals surface area (Å²) in [6.45, 7) is 0. The second-order valence-corrected chi connectivity index (χ2v) is 4.92. The van der Waals surface area contributed by atoms with Crippen LogP contribution in [0.25, 0.3) is 0 Å². The van der Waals surface area contributed by atoms with Crippen molar-refractivity contribution in [1.82, 2.24) is 4.98 Å². The Morgan fingerprint density at radius 1 is 1.41 bits per heavy atom. The van der Waals surface area contributed by atoms with Crippen molar-refractivity contribution in [2.24, 2.45) is 11.7 Å². The topological polar surface area (TPSA) is 38.9 Å². The number of nitrogens with zero attached hydrogens (tertiary/aromatic N) is 1. The molecule has 1 aromatic rings. The van der Waals surface area contributed by atoms with E-state index in [9.17, 15) is 8.78 Å². The molecule has 1 aliphatic carbocycles. The second kappa shape index (κ2) is 5.08. The lowest BCUT2D eigenvalue weighted by molar-refractivity contribution is -0.0481. The van der Waals surface area contributed by atoms with Crippen LogP contribution in [0.4, 0.5) is 8.78 Å². The second-order valence-electron chi connectivity index (χ2n) is 4.92. The van der Waals surface area contributed by atoms with Gasteiger partial charge in [-0.15, -0.1) is 0 Å². The van der Waals surface area contributed by atoms with Gasteiger partial charge < -0.3 is 5.73 Å². The summed E-state index contributed by atoms with van der Waals surface area (Å²) in [5.41, 5.74) is 7.18. The van der Waals surface area contributed by atoms with Crippen LogP contribution in [-0.4, -0.2) is 16.9 Å². The third-order valence-corrected chi connectivity index (χ3v) is 3.56. The van der Waals surface area contributed by atoms with E-state index in [2.05, 4.69) is 4.98 Å². The lowest BCUT2D eigenvalue weighted by Gasteiger charge is -2.31. The Hall–Kier alpha value is -1.03. The van der Waals surface area contributed by atoms with E-state index in [-0.39, 0.29) is 24.8 Å². The largest absolute Gasteiger partial charge is 0.327 e. The van der Waals surface area contributed by atoms with Crippen molar-refractivity contribution < 1.29 is 8.78 Å². The van der Waals surface area contributed by atoms with Gasteiger partial charge in [-0.1, -0.05) is 6.07 Å². The van der Waals surface area contributed by atoms with Crippen LogP contribution >= 0.6 is 0 Å². The van der Waals surface area contributed by atoms with Crippen molar-refractivity contribution in [2.45, 2.75) is 44.1 Å². The van der Waals surface area contributed by atoms with Gasteiger partial charge in [0.25, 0.3) is 0 Å². The standard InChI is InChI=1S/C13H18F2N2/c14-13(15)5-3-11(4-6-13)12(16)8-10-2-1-7-17-9-10/h1-2,7,9,11-12H,3-6,8,16H2. The van der Waals surface area contributed by atoms with E-state index in [4.69, 9.17) is 5.73 Å². The van der Waals surface area contributed by atoms with E-state index >= 15 is 0 Å². The fourth-order valence-electron chi connectivity index (χ4n) is 2.45. The number of nitrogens with two attached hydrogens (primary N) is 1. The minimum absolute atomic E-state index is 0.0155. The molecule has 1 atom stereocenters. The van der Waals surface area contributed by atoms with Gasteiger partial charge in [0.05, 0.1) is 0 Å². The van der Waals surface area contributed by atoms with E-state index in [0.29, 0.717) is 12.8 Å². The Morgan fingerprint density at radius 3 is 2.71 bits per heavy atom. The maximum atomic E-state index is 13.0. The van der Waals surface area contributed by atoms with E-state index in [0.717, 1.165) is 12.0 Å². The molecule has 17 heavy (non-hydrogen) atoms. The lowest BCUT2D eigenvalue weighted by Crippen LogP contribution is -2.37. The number of rotatable bonds is 3. The maximum absolute atomic E-state index is 13.0. The van der Waals surface area contributed by atoms with Gasteiger partial charge in [-0.3, -0.25) is 4.98 Å². The van der Waals surface area contributed by atoms with Crippen molar-refractivity contribution in [3.8, 4) is 0 Å². The number of hydrogen-bond acceptors (Lipinski definition) is 2. The smallest absolute Gasteiger partial charge is 0.248 e. The summed E-state index contributed by atoms with van der Waals surface area (Å²) >= 11 is 0. The monoisotopic (exact) mass is 240 g/mol. The Labute approximate surface area is 100 Å². The van der Waals surface area contributed by atoms with Gasteiger partial charge in [-0.25, -0.2) is 8.78 Å². The van der Waals surface area contributed by atoms with E-state index in [1.54, 1.807) is 12.4 Å². The highest BCUT2D eigenvalue weighted by molar-refractivity contribution is 5.10. The van der Waals surface area contributed by atoms with Gasteiger partial charge >= 0.3 is 0 Å². The molecule has 4 heteroatoms. The van der Waals surface area contributed by atoms with E-state index < -0.39 is 5.92 Å². The van der Waals surface area contributed by atoms with Crippen LogP contribution in [0.1, 0.15) is 31.2 Å². The molecular formula is C13H18F2N2. The maximum Gasteiger partial charge on any atom is 0.248 e. The van der Waals surface area contributed by atoms with Crippen LogP contribution in [0.15, 0.2) is 24.5 Å². The molecule has 1 heterocycles. The van der Waals surface area contributed by atoms with Gasteiger partial charge in [-0.2, -0.15) is 0 Å². The molecule has 0 bridgehead atoms. The molecule has 0 saturated heterocycles. The zero-order valence-corrected chi connectivity index (χ0v) is 9.78. The Bertz CT molecular complexity index is 344. The van der Waals surface area contributed by atoms with Crippen molar-refractivity contribution in [1.29, 1.82) is 0 Å². The molecule has 1 saturated carbocycles. The van der Waals surface area contributed by atoms with Crippen LogP contribution in [0, 0.1) is 5.92 Å². The van der Waals surface area contributed by atoms with Gasteiger partial charge in [0.15, 0.2) is 0 Å². The number of halogens is 2.